The predicted octanol–water partition coefficient (Wildman–Crippen LogP) is 2.46. The molecule has 126 valence electrons. The lowest BCUT2D eigenvalue weighted by atomic mass is 10.1. The van der Waals surface area contributed by atoms with E-state index in [2.05, 4.69) is 15.3 Å². The Hall–Kier alpha value is -3.22. The molecule has 0 saturated carbocycles. The summed E-state index contributed by atoms with van der Waals surface area (Å²) in [5, 5.41) is 3.78. The van der Waals surface area contributed by atoms with Crippen LogP contribution in [0.15, 0.2) is 47.9 Å². The Morgan fingerprint density at radius 2 is 2.04 bits per heavy atom. The average molecular weight is 334 g/mol. The summed E-state index contributed by atoms with van der Waals surface area (Å²) >= 11 is 0. The zero-order chi connectivity index (χ0) is 17.6. The molecule has 0 spiro atoms. The van der Waals surface area contributed by atoms with Crippen molar-refractivity contribution in [2.75, 3.05) is 5.32 Å². The van der Waals surface area contributed by atoms with Crippen molar-refractivity contribution in [3.8, 4) is 11.3 Å². The molecule has 0 amide bonds. The number of pyridine rings is 2. The molecule has 0 atom stereocenters. The number of aryl methyl sites for hydroxylation is 1. The van der Waals surface area contributed by atoms with Crippen molar-refractivity contribution in [3.63, 3.8) is 0 Å². The number of anilines is 1. The van der Waals surface area contributed by atoms with Crippen molar-refractivity contribution in [1.29, 1.82) is 0 Å². The van der Waals surface area contributed by atoms with E-state index in [1.54, 1.807) is 13.2 Å². The molecule has 0 aliphatic heterocycles. The van der Waals surface area contributed by atoms with Crippen LogP contribution in [0.5, 0.6) is 0 Å². The van der Waals surface area contributed by atoms with Crippen LogP contribution in [0.25, 0.3) is 27.8 Å². The number of imidazole rings is 1. The third-order valence-electron chi connectivity index (χ3n) is 4.01. The molecule has 4 aromatic heterocycles. The molecule has 7 heteroatoms. The molecule has 0 saturated heterocycles. The minimum atomic E-state index is -0.114. The zero-order valence-corrected chi connectivity index (χ0v) is 14.3. The molecule has 0 bridgehead atoms. The summed E-state index contributed by atoms with van der Waals surface area (Å²) in [7, 11) is 1.69. The van der Waals surface area contributed by atoms with E-state index in [4.69, 9.17) is 4.98 Å². The summed E-state index contributed by atoms with van der Waals surface area (Å²) in [4.78, 5) is 25.9. The Bertz CT molecular complexity index is 1140. The fraction of sp³-hybridized carbons (Fsp3) is 0.222. The molecular formula is C18H18N6O. The highest BCUT2D eigenvalue weighted by Gasteiger charge is 2.14. The lowest BCUT2D eigenvalue weighted by Crippen LogP contribution is -2.21. The Morgan fingerprint density at radius 1 is 1.20 bits per heavy atom. The first-order chi connectivity index (χ1) is 12.0. The van der Waals surface area contributed by atoms with Gasteiger partial charge in [-0.25, -0.2) is 15.0 Å². The quantitative estimate of drug-likeness (QED) is 0.623. The highest BCUT2D eigenvalue weighted by atomic mass is 16.1. The third kappa shape index (κ3) is 2.63. The Labute approximate surface area is 144 Å². The number of fused-ring (bicyclic) bond motifs is 2. The molecule has 7 nitrogen and oxygen atoms in total. The summed E-state index contributed by atoms with van der Waals surface area (Å²) < 4.78 is 3.40. The van der Waals surface area contributed by atoms with Crippen LogP contribution in [0, 0.1) is 0 Å². The first kappa shape index (κ1) is 15.3. The molecule has 0 radical (unpaired) electrons. The molecule has 25 heavy (non-hydrogen) atoms. The van der Waals surface area contributed by atoms with Gasteiger partial charge >= 0.3 is 0 Å². The van der Waals surface area contributed by atoms with E-state index in [0.717, 1.165) is 16.9 Å². The molecule has 1 N–H and O–H groups in total. The Kier molecular flexibility index (Phi) is 3.49. The summed E-state index contributed by atoms with van der Waals surface area (Å²) in [5.74, 6) is 0.557. The predicted molar refractivity (Wildman–Crippen MR) is 97.7 cm³/mol. The first-order valence-electron chi connectivity index (χ1n) is 8.09. The number of hydrogen-bond acceptors (Lipinski definition) is 5. The highest BCUT2D eigenvalue weighted by Crippen LogP contribution is 2.25. The van der Waals surface area contributed by atoms with E-state index >= 15 is 0 Å². The van der Waals surface area contributed by atoms with Crippen molar-refractivity contribution in [1.82, 2.24) is 23.9 Å². The van der Waals surface area contributed by atoms with Crippen LogP contribution in [-0.2, 0) is 7.05 Å². The van der Waals surface area contributed by atoms with Crippen LogP contribution in [0.1, 0.15) is 13.8 Å². The van der Waals surface area contributed by atoms with Crippen molar-refractivity contribution in [2.45, 2.75) is 19.9 Å². The lowest BCUT2D eigenvalue weighted by Gasteiger charge is -2.14. The monoisotopic (exact) mass is 334 g/mol. The van der Waals surface area contributed by atoms with Crippen LogP contribution >= 0.6 is 0 Å². The average Bonchev–Trinajstić information content (AvgIpc) is 3.05. The minimum Gasteiger partial charge on any atom is -0.367 e. The summed E-state index contributed by atoms with van der Waals surface area (Å²) in [5.41, 5.74) is 3.07. The van der Waals surface area contributed by atoms with Crippen LogP contribution in [-0.4, -0.2) is 30.0 Å². The number of nitrogens with one attached hydrogen (secondary N) is 1. The summed E-state index contributed by atoms with van der Waals surface area (Å²) in [6.45, 7) is 4.02. The van der Waals surface area contributed by atoms with E-state index < -0.39 is 0 Å². The molecule has 0 unspecified atom stereocenters. The van der Waals surface area contributed by atoms with Crippen LogP contribution in [0.4, 0.5) is 5.82 Å². The molecule has 4 heterocycles. The van der Waals surface area contributed by atoms with E-state index in [1.807, 2.05) is 48.8 Å². The second kappa shape index (κ2) is 5.70. The van der Waals surface area contributed by atoms with Gasteiger partial charge < -0.3 is 14.3 Å². The van der Waals surface area contributed by atoms with E-state index in [1.165, 1.54) is 10.9 Å². The van der Waals surface area contributed by atoms with Crippen LogP contribution in [0.2, 0.25) is 0 Å². The molecule has 0 aliphatic rings. The van der Waals surface area contributed by atoms with Gasteiger partial charge in [0, 0.05) is 37.2 Å². The summed E-state index contributed by atoms with van der Waals surface area (Å²) in [6, 6.07) is 5.90. The zero-order valence-electron chi connectivity index (χ0n) is 14.3. The molecule has 0 aromatic carbocycles. The van der Waals surface area contributed by atoms with Crippen molar-refractivity contribution in [3.05, 3.63) is 53.5 Å². The maximum atomic E-state index is 12.5. The minimum absolute atomic E-state index is 0.114. The lowest BCUT2D eigenvalue weighted by molar-refractivity contribution is 0.839. The van der Waals surface area contributed by atoms with Crippen molar-refractivity contribution >= 4 is 22.4 Å². The van der Waals surface area contributed by atoms with Gasteiger partial charge in [0.05, 0.1) is 17.5 Å². The van der Waals surface area contributed by atoms with Crippen molar-refractivity contribution in [2.24, 2.45) is 7.05 Å². The van der Waals surface area contributed by atoms with Crippen LogP contribution < -0.4 is 10.9 Å². The SMILES string of the molecule is CC(C)Nc1nc(-c2ccc3nccn3c2)cc2ncn(C)c(=O)c12. The fourth-order valence-corrected chi connectivity index (χ4v) is 2.82. The van der Waals surface area contributed by atoms with Gasteiger partial charge in [-0.2, -0.15) is 0 Å². The van der Waals surface area contributed by atoms with Gasteiger partial charge in [-0.05, 0) is 32.0 Å². The molecule has 4 rings (SSSR count). The topological polar surface area (TPSA) is 77.1 Å². The molecule has 0 aliphatic carbocycles. The van der Waals surface area contributed by atoms with Gasteiger partial charge in [0.2, 0.25) is 0 Å². The largest absolute Gasteiger partial charge is 0.367 e. The second-order valence-corrected chi connectivity index (χ2v) is 6.32. The van der Waals surface area contributed by atoms with Gasteiger partial charge in [0.1, 0.15) is 16.9 Å². The maximum Gasteiger partial charge on any atom is 0.264 e. The van der Waals surface area contributed by atoms with Gasteiger partial charge in [-0.3, -0.25) is 4.79 Å². The molecule has 0 fully saturated rings. The van der Waals surface area contributed by atoms with E-state index in [-0.39, 0.29) is 11.6 Å². The fourth-order valence-electron chi connectivity index (χ4n) is 2.82. The standard InChI is InChI=1S/C18H18N6O/c1-11(2)21-17-16-14(20-10-23(3)18(16)25)8-13(22-17)12-4-5-15-19-6-7-24(15)9-12/h4-11H,1-3H3,(H,21,22). The normalized spacial score (nSPS) is 11.5. The van der Waals surface area contributed by atoms with Gasteiger partial charge in [-0.1, -0.05) is 0 Å². The van der Waals surface area contributed by atoms with E-state index in [0.29, 0.717) is 16.7 Å². The van der Waals surface area contributed by atoms with Crippen molar-refractivity contribution < 1.29 is 0 Å². The maximum absolute atomic E-state index is 12.5. The Balaban J connectivity index is 1.98. The Morgan fingerprint density at radius 3 is 2.84 bits per heavy atom. The smallest absolute Gasteiger partial charge is 0.264 e. The highest BCUT2D eigenvalue weighted by molar-refractivity contribution is 5.91. The summed E-state index contributed by atoms with van der Waals surface area (Å²) in [6.07, 6.45) is 7.15. The molecule has 4 aromatic rings. The second-order valence-electron chi connectivity index (χ2n) is 6.32. The molecular weight excluding hydrogens is 316 g/mol. The van der Waals surface area contributed by atoms with Crippen LogP contribution in [0.3, 0.4) is 0 Å². The number of hydrogen-bond donors (Lipinski definition) is 1. The number of nitrogens with zero attached hydrogens (tertiary/aromatic N) is 5. The third-order valence-corrected chi connectivity index (χ3v) is 4.01. The number of rotatable bonds is 3. The van der Waals surface area contributed by atoms with Gasteiger partial charge in [0.25, 0.3) is 5.56 Å². The number of aromatic nitrogens is 5. The first-order valence-corrected chi connectivity index (χ1v) is 8.09. The van der Waals surface area contributed by atoms with E-state index in [9.17, 15) is 4.79 Å². The van der Waals surface area contributed by atoms with Gasteiger partial charge in [0.15, 0.2) is 0 Å². The van der Waals surface area contributed by atoms with Gasteiger partial charge in [-0.15, -0.1) is 0 Å².